The molecule has 0 amide bonds. The lowest BCUT2D eigenvalue weighted by Crippen LogP contribution is -2.46. The molecule has 1 saturated heterocycles. The second-order valence-corrected chi connectivity index (χ2v) is 3.81. The van der Waals surface area contributed by atoms with Crippen molar-refractivity contribution in [1.82, 2.24) is 4.90 Å². The summed E-state index contributed by atoms with van der Waals surface area (Å²) in [5, 5.41) is 18.2. The molecule has 0 aromatic carbocycles. The summed E-state index contributed by atoms with van der Waals surface area (Å²) in [6, 6.07) is 2.12. The van der Waals surface area contributed by atoms with Crippen LogP contribution in [0.15, 0.2) is 0 Å². The van der Waals surface area contributed by atoms with Crippen LogP contribution in [-0.4, -0.2) is 36.2 Å². The van der Waals surface area contributed by atoms with Gasteiger partial charge < -0.3 is 10.0 Å². The summed E-state index contributed by atoms with van der Waals surface area (Å²) in [4.78, 5) is 2.18. The molecule has 1 aliphatic heterocycles. The van der Waals surface area contributed by atoms with Crippen LogP contribution in [-0.2, 0) is 0 Å². The van der Waals surface area contributed by atoms with Gasteiger partial charge in [0.1, 0.15) is 0 Å². The van der Waals surface area contributed by atoms with E-state index in [9.17, 15) is 5.11 Å². The minimum absolute atomic E-state index is 0.142. The van der Waals surface area contributed by atoms with Gasteiger partial charge in [-0.1, -0.05) is 6.92 Å². The maximum atomic E-state index is 9.71. The molecule has 1 aliphatic rings. The normalized spacial score (nSPS) is 37.7. The Labute approximate surface area is 73.6 Å². The number of nitriles is 1. The Bertz CT molecular complexity index is 187. The van der Waals surface area contributed by atoms with E-state index in [1.54, 1.807) is 0 Å². The van der Waals surface area contributed by atoms with E-state index >= 15 is 0 Å². The third-order valence-electron chi connectivity index (χ3n) is 2.57. The highest BCUT2D eigenvalue weighted by Crippen LogP contribution is 2.23. The van der Waals surface area contributed by atoms with Crippen LogP contribution in [0.4, 0.5) is 0 Å². The van der Waals surface area contributed by atoms with Crippen LogP contribution in [0.25, 0.3) is 0 Å². The first kappa shape index (κ1) is 9.50. The molecule has 1 rings (SSSR count). The Balaban J connectivity index is 2.55. The molecule has 3 unspecified atom stereocenters. The van der Waals surface area contributed by atoms with Gasteiger partial charge in [0, 0.05) is 25.4 Å². The lowest BCUT2D eigenvalue weighted by Gasteiger charge is -2.37. The zero-order chi connectivity index (χ0) is 9.14. The minimum Gasteiger partial charge on any atom is -0.392 e. The molecule has 3 nitrogen and oxygen atoms in total. The van der Waals surface area contributed by atoms with Crippen LogP contribution < -0.4 is 0 Å². The number of nitrogens with zero attached hydrogens (tertiary/aromatic N) is 2. The highest BCUT2D eigenvalue weighted by molar-refractivity contribution is 4.88. The van der Waals surface area contributed by atoms with E-state index < -0.39 is 0 Å². The fourth-order valence-electron chi connectivity index (χ4n) is 1.95. The molecule has 3 atom stereocenters. The fourth-order valence-corrected chi connectivity index (χ4v) is 1.95. The number of aliphatic hydroxyl groups excluding tert-OH is 1. The summed E-state index contributed by atoms with van der Waals surface area (Å²) < 4.78 is 0. The molecule has 1 fully saturated rings. The number of hydrogen-bond donors (Lipinski definition) is 1. The lowest BCUT2D eigenvalue weighted by molar-refractivity contribution is -0.00464. The topological polar surface area (TPSA) is 47.3 Å². The average Bonchev–Trinajstić information content (AvgIpc) is 2.00. The number of piperidine rings is 1. The second-order valence-electron chi connectivity index (χ2n) is 3.81. The number of rotatable bonds is 1. The van der Waals surface area contributed by atoms with Gasteiger partial charge in [-0.3, -0.25) is 0 Å². The standard InChI is InChI=1S/C9H16N2O/c1-7-5-11(2)6-8(3-4-10)9(7)12/h7-9,12H,3,5-6H2,1-2H3. The number of aliphatic hydroxyl groups is 1. The minimum atomic E-state index is -0.291. The van der Waals surface area contributed by atoms with E-state index in [0.717, 1.165) is 13.1 Å². The summed E-state index contributed by atoms with van der Waals surface area (Å²) in [6.07, 6.45) is 0.177. The molecule has 1 N–H and O–H groups in total. The Morgan fingerprint density at radius 3 is 2.83 bits per heavy atom. The van der Waals surface area contributed by atoms with Crippen molar-refractivity contribution in [3.63, 3.8) is 0 Å². The van der Waals surface area contributed by atoms with E-state index in [1.807, 2.05) is 14.0 Å². The van der Waals surface area contributed by atoms with Crippen molar-refractivity contribution < 1.29 is 5.11 Å². The van der Waals surface area contributed by atoms with Crippen LogP contribution >= 0.6 is 0 Å². The van der Waals surface area contributed by atoms with Crippen molar-refractivity contribution >= 4 is 0 Å². The van der Waals surface area contributed by atoms with E-state index in [2.05, 4.69) is 11.0 Å². The first-order valence-corrected chi connectivity index (χ1v) is 4.38. The average molecular weight is 168 g/mol. The zero-order valence-electron chi connectivity index (χ0n) is 7.70. The zero-order valence-corrected chi connectivity index (χ0v) is 7.70. The molecular formula is C9H16N2O. The van der Waals surface area contributed by atoms with Crippen molar-refractivity contribution in [1.29, 1.82) is 5.26 Å². The first-order chi connectivity index (χ1) is 5.65. The van der Waals surface area contributed by atoms with Crippen LogP contribution in [0.1, 0.15) is 13.3 Å². The van der Waals surface area contributed by atoms with Crippen LogP contribution in [0, 0.1) is 23.2 Å². The van der Waals surface area contributed by atoms with Crippen molar-refractivity contribution in [3.8, 4) is 6.07 Å². The Morgan fingerprint density at radius 2 is 2.25 bits per heavy atom. The molecule has 0 radical (unpaired) electrons. The predicted molar refractivity (Wildman–Crippen MR) is 46.4 cm³/mol. The number of likely N-dealkylation sites (tertiary alicyclic amines) is 1. The smallest absolute Gasteiger partial charge is 0.0628 e. The molecule has 0 aliphatic carbocycles. The van der Waals surface area contributed by atoms with E-state index in [-0.39, 0.29) is 12.0 Å². The van der Waals surface area contributed by atoms with Gasteiger partial charge in [-0.2, -0.15) is 5.26 Å². The van der Waals surface area contributed by atoms with E-state index in [4.69, 9.17) is 5.26 Å². The van der Waals surface area contributed by atoms with Gasteiger partial charge >= 0.3 is 0 Å². The maximum Gasteiger partial charge on any atom is 0.0628 e. The highest BCUT2D eigenvalue weighted by atomic mass is 16.3. The van der Waals surface area contributed by atoms with E-state index in [0.29, 0.717) is 12.3 Å². The molecule has 3 heteroatoms. The van der Waals surface area contributed by atoms with Crippen molar-refractivity contribution in [2.75, 3.05) is 20.1 Å². The quantitative estimate of drug-likeness (QED) is 0.618. The SMILES string of the molecule is CC1CN(C)CC(CC#N)C1O. The molecule has 1 heterocycles. The Kier molecular flexibility index (Phi) is 3.07. The van der Waals surface area contributed by atoms with Crippen molar-refractivity contribution in [3.05, 3.63) is 0 Å². The monoisotopic (exact) mass is 168 g/mol. The lowest BCUT2D eigenvalue weighted by atomic mass is 9.86. The molecular weight excluding hydrogens is 152 g/mol. The summed E-state index contributed by atoms with van der Waals surface area (Å²) >= 11 is 0. The third kappa shape index (κ3) is 1.96. The first-order valence-electron chi connectivity index (χ1n) is 4.38. The molecule has 0 bridgehead atoms. The van der Waals surface area contributed by atoms with Gasteiger partial charge in [0.05, 0.1) is 12.2 Å². The third-order valence-corrected chi connectivity index (χ3v) is 2.57. The molecule has 12 heavy (non-hydrogen) atoms. The van der Waals surface area contributed by atoms with Gasteiger partial charge in [0.2, 0.25) is 0 Å². The summed E-state index contributed by atoms with van der Waals surface area (Å²) in [5.74, 6) is 0.436. The Hall–Kier alpha value is -0.590. The van der Waals surface area contributed by atoms with Gasteiger partial charge in [-0.25, -0.2) is 0 Å². The number of hydrogen-bond acceptors (Lipinski definition) is 3. The largest absolute Gasteiger partial charge is 0.392 e. The summed E-state index contributed by atoms with van der Waals surface area (Å²) in [6.45, 7) is 3.81. The molecule has 0 aromatic heterocycles. The summed E-state index contributed by atoms with van der Waals surface area (Å²) in [5.41, 5.74) is 0. The van der Waals surface area contributed by atoms with Gasteiger partial charge in [0.15, 0.2) is 0 Å². The van der Waals surface area contributed by atoms with Crippen molar-refractivity contribution in [2.45, 2.75) is 19.4 Å². The van der Waals surface area contributed by atoms with Gasteiger partial charge in [-0.05, 0) is 13.0 Å². The fraction of sp³-hybridized carbons (Fsp3) is 0.889. The van der Waals surface area contributed by atoms with Crippen LogP contribution in [0.3, 0.4) is 0 Å². The Morgan fingerprint density at radius 1 is 1.58 bits per heavy atom. The molecule has 0 spiro atoms. The molecule has 0 saturated carbocycles. The van der Waals surface area contributed by atoms with E-state index in [1.165, 1.54) is 0 Å². The second kappa shape index (κ2) is 3.88. The van der Waals surface area contributed by atoms with Gasteiger partial charge in [0.25, 0.3) is 0 Å². The molecule has 0 aromatic rings. The van der Waals surface area contributed by atoms with Crippen LogP contribution in [0.2, 0.25) is 0 Å². The van der Waals surface area contributed by atoms with Crippen LogP contribution in [0.5, 0.6) is 0 Å². The summed E-state index contributed by atoms with van der Waals surface area (Å²) in [7, 11) is 2.03. The predicted octanol–water partition coefficient (Wildman–Crippen LogP) is 0.459. The highest BCUT2D eigenvalue weighted by Gasteiger charge is 2.31. The molecule has 68 valence electrons. The van der Waals surface area contributed by atoms with Gasteiger partial charge in [-0.15, -0.1) is 0 Å². The van der Waals surface area contributed by atoms with Crippen molar-refractivity contribution in [2.24, 2.45) is 11.8 Å². The maximum absolute atomic E-state index is 9.71.